The minimum Gasteiger partial charge on any atom is -0.502 e. The molecular formula is C8H14O2S2. The van der Waals surface area contributed by atoms with Crippen LogP contribution >= 0.6 is 24.4 Å². The van der Waals surface area contributed by atoms with Crippen LogP contribution in [0.4, 0.5) is 0 Å². The van der Waals surface area contributed by atoms with Crippen molar-refractivity contribution in [1.82, 2.24) is 0 Å². The summed E-state index contributed by atoms with van der Waals surface area (Å²) in [5.74, 6) is 0. The third-order valence-electron chi connectivity index (χ3n) is 1.53. The van der Waals surface area contributed by atoms with E-state index in [9.17, 15) is 0 Å². The van der Waals surface area contributed by atoms with Crippen LogP contribution < -0.4 is 0 Å². The lowest BCUT2D eigenvalue weighted by molar-refractivity contribution is 0.524. The monoisotopic (exact) mass is 206 g/mol. The number of hydrogen-bond donors (Lipinski definition) is 2. The van der Waals surface area contributed by atoms with E-state index in [0.29, 0.717) is 12.8 Å². The fourth-order valence-electron chi connectivity index (χ4n) is 0.906. The molecule has 2 N–H and O–H groups in total. The molecule has 0 fully saturated rings. The van der Waals surface area contributed by atoms with E-state index in [0.717, 1.165) is 25.7 Å². The molecule has 0 unspecified atom stereocenters. The Kier molecular flexibility index (Phi) is 7.29. The first-order chi connectivity index (χ1) is 5.63. The molecule has 0 spiro atoms. The lowest BCUT2D eigenvalue weighted by atomic mass is 10.1. The molecule has 0 saturated carbocycles. The highest BCUT2D eigenvalue weighted by Gasteiger charge is 1.94. The van der Waals surface area contributed by atoms with E-state index in [1.54, 1.807) is 0 Å². The van der Waals surface area contributed by atoms with Crippen molar-refractivity contribution in [3.63, 3.8) is 0 Å². The first-order valence-electron chi connectivity index (χ1n) is 4.06. The van der Waals surface area contributed by atoms with Gasteiger partial charge < -0.3 is 10.2 Å². The van der Waals surface area contributed by atoms with Gasteiger partial charge in [-0.1, -0.05) is 12.8 Å². The number of unbranched alkanes of at least 4 members (excludes halogenated alkanes) is 3. The molecule has 70 valence electrons. The molecule has 0 aliphatic rings. The Morgan fingerprint density at radius 3 is 1.33 bits per heavy atom. The quantitative estimate of drug-likeness (QED) is 0.496. The summed E-state index contributed by atoms with van der Waals surface area (Å²) in [4.78, 5) is 0. The van der Waals surface area contributed by atoms with Gasteiger partial charge in [0.1, 0.15) is 0 Å². The second-order valence-electron chi connectivity index (χ2n) is 2.70. The molecule has 0 rings (SSSR count). The van der Waals surface area contributed by atoms with Gasteiger partial charge in [-0.2, -0.15) is 0 Å². The SMILES string of the molecule is OC(=S)CCCCCCC(O)=S. The fourth-order valence-corrected chi connectivity index (χ4v) is 1.19. The molecule has 0 saturated heterocycles. The van der Waals surface area contributed by atoms with Crippen LogP contribution in [0.25, 0.3) is 0 Å². The van der Waals surface area contributed by atoms with Gasteiger partial charge in [0.2, 0.25) is 0 Å². The zero-order valence-corrected chi connectivity index (χ0v) is 8.59. The molecule has 0 aromatic rings. The summed E-state index contributed by atoms with van der Waals surface area (Å²) in [6.07, 6.45) is 5.13. The van der Waals surface area contributed by atoms with Crippen molar-refractivity contribution < 1.29 is 10.2 Å². The van der Waals surface area contributed by atoms with Crippen LogP contribution in [0.1, 0.15) is 38.5 Å². The second kappa shape index (κ2) is 7.43. The van der Waals surface area contributed by atoms with Crippen molar-refractivity contribution in [2.75, 3.05) is 0 Å². The smallest absolute Gasteiger partial charge is 0.156 e. The molecule has 4 heteroatoms. The van der Waals surface area contributed by atoms with Gasteiger partial charge in [-0.25, -0.2) is 0 Å². The van der Waals surface area contributed by atoms with Gasteiger partial charge in [0.05, 0.1) is 0 Å². The lowest BCUT2D eigenvalue weighted by Gasteiger charge is -1.98. The fraction of sp³-hybridized carbons (Fsp3) is 0.750. The Bertz CT molecular complexity index is 139. The summed E-state index contributed by atoms with van der Waals surface area (Å²) in [6.45, 7) is 0. The summed E-state index contributed by atoms with van der Waals surface area (Å²) in [7, 11) is 0. The second-order valence-corrected chi connectivity index (χ2v) is 3.64. The summed E-state index contributed by atoms with van der Waals surface area (Å²) in [5.41, 5.74) is 0. The molecule has 0 aliphatic carbocycles. The van der Waals surface area contributed by atoms with Crippen molar-refractivity contribution in [3.8, 4) is 0 Å². The normalized spacial score (nSPS) is 9.67. The Balaban J connectivity index is 3.01. The van der Waals surface area contributed by atoms with Gasteiger partial charge in [0, 0.05) is 12.8 Å². The van der Waals surface area contributed by atoms with E-state index < -0.39 is 0 Å². The summed E-state index contributed by atoms with van der Waals surface area (Å²) < 4.78 is 0. The zero-order valence-electron chi connectivity index (χ0n) is 6.95. The van der Waals surface area contributed by atoms with Crippen molar-refractivity contribution >= 4 is 34.5 Å². The van der Waals surface area contributed by atoms with Crippen molar-refractivity contribution in [1.29, 1.82) is 0 Å². The van der Waals surface area contributed by atoms with Gasteiger partial charge in [-0.3, -0.25) is 0 Å². The predicted octanol–water partition coefficient (Wildman–Crippen LogP) is 3.10. The van der Waals surface area contributed by atoms with Crippen LogP contribution in [0.5, 0.6) is 0 Å². The number of hydrogen-bond acceptors (Lipinski definition) is 2. The van der Waals surface area contributed by atoms with Gasteiger partial charge in [-0.15, -0.1) is 0 Å². The van der Waals surface area contributed by atoms with E-state index >= 15 is 0 Å². The average molecular weight is 206 g/mol. The highest BCUT2D eigenvalue weighted by molar-refractivity contribution is 7.80. The average Bonchev–Trinajstić information content (AvgIpc) is 1.95. The number of aliphatic hydroxyl groups excluding tert-OH is 2. The topological polar surface area (TPSA) is 40.5 Å². The van der Waals surface area contributed by atoms with Crippen molar-refractivity contribution in [3.05, 3.63) is 0 Å². The largest absolute Gasteiger partial charge is 0.502 e. The molecule has 2 nitrogen and oxygen atoms in total. The molecule has 0 radical (unpaired) electrons. The third-order valence-corrected chi connectivity index (χ3v) is 1.94. The van der Waals surface area contributed by atoms with Crippen LogP contribution in [0.2, 0.25) is 0 Å². The molecular weight excluding hydrogens is 192 g/mol. The van der Waals surface area contributed by atoms with Crippen LogP contribution in [-0.4, -0.2) is 20.3 Å². The molecule has 0 aliphatic heterocycles. The van der Waals surface area contributed by atoms with Gasteiger partial charge in [-0.05, 0) is 37.3 Å². The van der Waals surface area contributed by atoms with Gasteiger partial charge in [0.25, 0.3) is 0 Å². The summed E-state index contributed by atoms with van der Waals surface area (Å²) in [5, 5.41) is 17.5. The minimum atomic E-state index is 0.0904. The Morgan fingerprint density at radius 2 is 1.08 bits per heavy atom. The molecule has 0 aromatic heterocycles. The Labute approximate surface area is 83.6 Å². The Hall–Kier alpha value is -0.220. The Morgan fingerprint density at radius 1 is 0.750 bits per heavy atom. The van der Waals surface area contributed by atoms with Crippen LogP contribution in [0.15, 0.2) is 0 Å². The predicted molar refractivity (Wildman–Crippen MR) is 58.2 cm³/mol. The van der Waals surface area contributed by atoms with Gasteiger partial charge in [0.15, 0.2) is 10.1 Å². The maximum Gasteiger partial charge on any atom is 0.156 e. The van der Waals surface area contributed by atoms with Gasteiger partial charge >= 0.3 is 0 Å². The molecule has 0 heterocycles. The first kappa shape index (κ1) is 11.8. The first-order valence-corrected chi connectivity index (χ1v) is 4.88. The minimum absolute atomic E-state index is 0.0904. The van der Waals surface area contributed by atoms with E-state index in [-0.39, 0.29) is 10.1 Å². The summed E-state index contributed by atoms with van der Waals surface area (Å²) >= 11 is 9.02. The van der Waals surface area contributed by atoms with E-state index in [2.05, 4.69) is 24.4 Å². The number of aliphatic hydroxyl groups is 2. The molecule has 0 bridgehead atoms. The molecule has 0 aromatic carbocycles. The van der Waals surface area contributed by atoms with E-state index in [1.165, 1.54) is 0 Å². The summed E-state index contributed by atoms with van der Waals surface area (Å²) in [6, 6.07) is 0. The van der Waals surface area contributed by atoms with E-state index in [4.69, 9.17) is 10.2 Å². The molecule has 12 heavy (non-hydrogen) atoms. The van der Waals surface area contributed by atoms with Crippen LogP contribution in [0, 0.1) is 0 Å². The highest BCUT2D eigenvalue weighted by Crippen LogP contribution is 2.05. The lowest BCUT2D eigenvalue weighted by Crippen LogP contribution is -1.92. The molecule has 0 atom stereocenters. The third kappa shape index (κ3) is 9.78. The molecule has 0 amide bonds. The maximum atomic E-state index is 8.67. The zero-order chi connectivity index (χ0) is 9.40. The van der Waals surface area contributed by atoms with Crippen LogP contribution in [0.3, 0.4) is 0 Å². The van der Waals surface area contributed by atoms with Crippen molar-refractivity contribution in [2.45, 2.75) is 38.5 Å². The number of thiocarbonyl (C=S) groups is 2. The number of rotatable bonds is 7. The standard InChI is InChI=1S/C8H14O2S2/c9-7(11)5-3-1-2-4-6-8(10)12/h1-6H2,(H,9,11)(H,10,12). The van der Waals surface area contributed by atoms with Crippen molar-refractivity contribution in [2.24, 2.45) is 0 Å². The maximum absolute atomic E-state index is 8.67. The van der Waals surface area contributed by atoms with E-state index in [1.807, 2.05) is 0 Å². The highest BCUT2D eigenvalue weighted by atomic mass is 32.1. The van der Waals surface area contributed by atoms with Crippen LogP contribution in [-0.2, 0) is 0 Å².